The van der Waals surface area contributed by atoms with E-state index in [1.165, 1.54) is 6.07 Å². The van der Waals surface area contributed by atoms with Crippen LogP contribution in [0, 0.1) is 35.2 Å². The third-order valence-corrected chi connectivity index (χ3v) is 4.74. The van der Waals surface area contributed by atoms with Crippen LogP contribution in [0.3, 0.4) is 0 Å². The summed E-state index contributed by atoms with van der Waals surface area (Å²) >= 11 is 0. The Balaban J connectivity index is 2.34. The summed E-state index contributed by atoms with van der Waals surface area (Å²) in [5, 5.41) is 0. The minimum absolute atomic E-state index is 0.115. The van der Waals surface area contributed by atoms with Gasteiger partial charge in [0.2, 0.25) is 0 Å². The molecule has 3 atom stereocenters. The lowest BCUT2D eigenvalue weighted by atomic mass is 9.68. The molecule has 1 saturated carbocycles. The molecule has 112 valence electrons. The number of hydrogen-bond acceptors (Lipinski definition) is 1. The first-order valence-corrected chi connectivity index (χ1v) is 7.29. The molecule has 0 amide bonds. The Labute approximate surface area is 118 Å². The van der Waals surface area contributed by atoms with E-state index in [-0.39, 0.29) is 17.4 Å². The van der Waals surface area contributed by atoms with Crippen molar-refractivity contribution in [3.63, 3.8) is 0 Å². The normalized spacial score (nSPS) is 27.1. The summed E-state index contributed by atoms with van der Waals surface area (Å²) in [6, 6.07) is 2.39. The van der Waals surface area contributed by atoms with E-state index in [4.69, 9.17) is 5.73 Å². The molecule has 1 aliphatic rings. The molecule has 0 saturated heterocycles. The average molecular weight is 285 g/mol. The van der Waals surface area contributed by atoms with Crippen LogP contribution < -0.4 is 5.73 Å². The molecule has 0 aromatic heterocycles. The lowest BCUT2D eigenvalue weighted by Gasteiger charge is -2.38. The SMILES string of the molecule is CC(C)C1CCC(CN)C(c2ccc(F)c(F)c2F)C1. The molecule has 0 aliphatic heterocycles. The van der Waals surface area contributed by atoms with Crippen molar-refractivity contribution in [1.82, 2.24) is 0 Å². The molecule has 4 heteroatoms. The molecule has 1 aliphatic carbocycles. The first kappa shape index (κ1) is 15.4. The second kappa shape index (κ2) is 6.17. The zero-order chi connectivity index (χ0) is 14.9. The maximum atomic E-state index is 14.0. The fourth-order valence-electron chi connectivity index (χ4n) is 3.36. The quantitative estimate of drug-likeness (QED) is 0.827. The van der Waals surface area contributed by atoms with Crippen molar-refractivity contribution in [1.29, 1.82) is 0 Å². The van der Waals surface area contributed by atoms with Crippen molar-refractivity contribution in [3.05, 3.63) is 35.1 Å². The monoisotopic (exact) mass is 285 g/mol. The van der Waals surface area contributed by atoms with Crippen LogP contribution in [0.4, 0.5) is 13.2 Å². The van der Waals surface area contributed by atoms with E-state index in [0.717, 1.165) is 25.3 Å². The molecule has 0 spiro atoms. The number of halogens is 3. The molecule has 2 rings (SSSR count). The van der Waals surface area contributed by atoms with Crippen LogP contribution in [0.15, 0.2) is 12.1 Å². The molecule has 1 aromatic carbocycles. The van der Waals surface area contributed by atoms with Gasteiger partial charge in [0.15, 0.2) is 17.5 Å². The highest BCUT2D eigenvalue weighted by atomic mass is 19.2. The predicted molar refractivity (Wildman–Crippen MR) is 73.8 cm³/mol. The van der Waals surface area contributed by atoms with Crippen molar-refractivity contribution in [3.8, 4) is 0 Å². The van der Waals surface area contributed by atoms with Gasteiger partial charge in [0, 0.05) is 0 Å². The van der Waals surface area contributed by atoms with Crippen molar-refractivity contribution < 1.29 is 13.2 Å². The zero-order valence-corrected chi connectivity index (χ0v) is 12.0. The first-order valence-electron chi connectivity index (χ1n) is 7.29. The van der Waals surface area contributed by atoms with Gasteiger partial charge in [-0.1, -0.05) is 19.9 Å². The lowest BCUT2D eigenvalue weighted by molar-refractivity contribution is 0.194. The Morgan fingerprint density at radius 3 is 2.45 bits per heavy atom. The van der Waals surface area contributed by atoms with Crippen molar-refractivity contribution >= 4 is 0 Å². The summed E-state index contributed by atoms with van der Waals surface area (Å²) in [5.41, 5.74) is 6.06. The van der Waals surface area contributed by atoms with Gasteiger partial charge in [0.05, 0.1) is 0 Å². The average Bonchev–Trinajstić information content (AvgIpc) is 2.44. The molecule has 3 unspecified atom stereocenters. The van der Waals surface area contributed by atoms with Crippen molar-refractivity contribution in [2.45, 2.75) is 39.0 Å². The van der Waals surface area contributed by atoms with E-state index >= 15 is 0 Å². The van der Waals surface area contributed by atoms with Crippen LogP contribution in [0.1, 0.15) is 44.6 Å². The molecule has 0 bridgehead atoms. The minimum atomic E-state index is -1.37. The largest absolute Gasteiger partial charge is 0.330 e. The second-order valence-corrected chi connectivity index (χ2v) is 6.18. The summed E-state index contributed by atoms with van der Waals surface area (Å²) < 4.78 is 40.6. The van der Waals surface area contributed by atoms with Gasteiger partial charge in [-0.25, -0.2) is 13.2 Å². The van der Waals surface area contributed by atoms with Crippen LogP contribution in [-0.4, -0.2) is 6.54 Å². The molecule has 20 heavy (non-hydrogen) atoms. The van der Waals surface area contributed by atoms with Gasteiger partial charge in [-0.2, -0.15) is 0 Å². The van der Waals surface area contributed by atoms with E-state index in [1.807, 2.05) is 0 Å². The van der Waals surface area contributed by atoms with Crippen LogP contribution in [0.5, 0.6) is 0 Å². The van der Waals surface area contributed by atoms with Gasteiger partial charge in [-0.05, 0) is 61.1 Å². The van der Waals surface area contributed by atoms with Crippen LogP contribution in [0.25, 0.3) is 0 Å². The smallest absolute Gasteiger partial charge is 0.194 e. The van der Waals surface area contributed by atoms with Gasteiger partial charge in [-0.15, -0.1) is 0 Å². The van der Waals surface area contributed by atoms with E-state index in [9.17, 15) is 13.2 Å². The van der Waals surface area contributed by atoms with Gasteiger partial charge >= 0.3 is 0 Å². The highest BCUT2D eigenvalue weighted by molar-refractivity contribution is 5.25. The molecular weight excluding hydrogens is 263 g/mol. The van der Waals surface area contributed by atoms with Gasteiger partial charge in [0.1, 0.15) is 0 Å². The summed E-state index contributed by atoms with van der Waals surface area (Å²) in [4.78, 5) is 0. The van der Waals surface area contributed by atoms with Gasteiger partial charge in [0.25, 0.3) is 0 Å². The molecular formula is C16H22F3N. The Morgan fingerprint density at radius 2 is 1.85 bits per heavy atom. The fraction of sp³-hybridized carbons (Fsp3) is 0.625. The summed E-state index contributed by atoms with van der Waals surface area (Å²) in [7, 11) is 0. The van der Waals surface area contributed by atoms with Gasteiger partial charge in [-0.3, -0.25) is 0 Å². The maximum Gasteiger partial charge on any atom is 0.194 e. The first-order chi connectivity index (χ1) is 9.45. The predicted octanol–water partition coefficient (Wildman–Crippen LogP) is 4.22. The number of hydrogen-bond donors (Lipinski definition) is 1. The Kier molecular flexibility index (Phi) is 4.74. The highest BCUT2D eigenvalue weighted by Gasteiger charge is 2.34. The van der Waals surface area contributed by atoms with E-state index < -0.39 is 17.5 Å². The van der Waals surface area contributed by atoms with Gasteiger partial charge < -0.3 is 5.73 Å². The Bertz CT molecular complexity index is 473. The molecule has 2 N–H and O–H groups in total. The molecule has 0 heterocycles. The Morgan fingerprint density at radius 1 is 1.15 bits per heavy atom. The summed E-state index contributed by atoms with van der Waals surface area (Å²) in [6.45, 7) is 4.74. The molecule has 1 fully saturated rings. The Hall–Kier alpha value is -1.03. The van der Waals surface area contributed by atoms with E-state index in [1.54, 1.807) is 0 Å². The molecule has 0 radical (unpaired) electrons. The summed E-state index contributed by atoms with van der Waals surface area (Å²) in [5.74, 6) is -2.53. The molecule has 1 aromatic rings. The number of rotatable bonds is 3. The number of nitrogens with two attached hydrogens (primary N) is 1. The standard InChI is InChI=1S/C16H22F3N/c1-9(2)10-3-4-11(8-20)13(7-10)12-5-6-14(17)16(19)15(12)18/h5-6,9-11,13H,3-4,7-8,20H2,1-2H3. The topological polar surface area (TPSA) is 26.0 Å². The maximum absolute atomic E-state index is 14.0. The second-order valence-electron chi connectivity index (χ2n) is 6.18. The van der Waals surface area contributed by atoms with Crippen molar-refractivity contribution in [2.75, 3.05) is 6.54 Å². The lowest BCUT2D eigenvalue weighted by Crippen LogP contribution is -2.31. The fourth-order valence-corrected chi connectivity index (χ4v) is 3.36. The van der Waals surface area contributed by atoms with Crippen molar-refractivity contribution in [2.24, 2.45) is 23.5 Å². The zero-order valence-electron chi connectivity index (χ0n) is 12.0. The van der Waals surface area contributed by atoms with E-state index in [2.05, 4.69) is 13.8 Å². The summed E-state index contributed by atoms with van der Waals surface area (Å²) in [6.07, 6.45) is 2.78. The van der Waals surface area contributed by atoms with E-state index in [0.29, 0.717) is 18.4 Å². The third kappa shape index (κ3) is 2.85. The highest BCUT2D eigenvalue weighted by Crippen LogP contribution is 2.43. The van der Waals surface area contributed by atoms with Crippen LogP contribution >= 0.6 is 0 Å². The van der Waals surface area contributed by atoms with Crippen LogP contribution in [0.2, 0.25) is 0 Å². The molecule has 1 nitrogen and oxygen atoms in total. The minimum Gasteiger partial charge on any atom is -0.330 e. The third-order valence-electron chi connectivity index (χ3n) is 4.74. The number of benzene rings is 1. The van der Waals surface area contributed by atoms with Crippen LogP contribution in [-0.2, 0) is 0 Å².